The third-order valence-electron chi connectivity index (χ3n) is 10.6. The third kappa shape index (κ3) is 8.55. The van der Waals surface area contributed by atoms with Gasteiger partial charge in [0.15, 0.2) is 5.76 Å². The van der Waals surface area contributed by atoms with E-state index in [1.165, 1.54) is 28.4 Å². The quantitative estimate of drug-likeness (QED) is 0.161. The summed E-state index contributed by atoms with van der Waals surface area (Å²) in [6.07, 6.45) is 3.90. The predicted molar refractivity (Wildman–Crippen MR) is 204 cm³/mol. The molecule has 56 heavy (non-hydrogen) atoms. The summed E-state index contributed by atoms with van der Waals surface area (Å²) in [5, 5.41) is 5.21. The SMILES string of the molecule is COC(=O)N[C@H](C(=O)N1CCCC1c1cnc(-c2ccc(-c3ccc(-c4cnc(C5CCCN5C(=O)[C@@H](NC(=O)OC)[C@@H](C)OC)o4)cc3)cc2)[nH]1)[C@@H](C)OC. The van der Waals surface area contributed by atoms with Gasteiger partial charge in [-0.3, -0.25) is 9.59 Å². The standard InChI is InChI=1S/C40H49N7O9/c1-23(52-3)33(44-39(50)54-5)37(48)46-19-7-9-30(46)29-21-41-35(43-29)28-17-13-26(14-18-28)25-11-15-27(16-12-25)32-22-42-36(56-32)31-10-8-20-47(31)38(49)34(24(2)53-4)45-40(51)55-6/h11-18,21-24,30-31,33-34H,7-10,19-20H2,1-6H3,(H,41,43)(H,44,50)(H,45,51)/t23-,24-,30?,31?,33+,34+/m1/s1. The molecular weight excluding hydrogens is 722 g/mol. The van der Waals surface area contributed by atoms with E-state index in [1.807, 2.05) is 48.5 Å². The molecule has 6 atom stereocenters. The van der Waals surface area contributed by atoms with Crippen molar-refractivity contribution in [2.45, 2.75) is 75.9 Å². The molecule has 2 fully saturated rings. The fourth-order valence-electron chi connectivity index (χ4n) is 7.28. The lowest BCUT2D eigenvalue weighted by atomic mass is 10.0. The molecule has 4 heterocycles. The maximum Gasteiger partial charge on any atom is 0.407 e. The Balaban J connectivity index is 1.11. The minimum Gasteiger partial charge on any atom is -0.453 e. The van der Waals surface area contributed by atoms with Crippen LogP contribution in [0.3, 0.4) is 0 Å². The lowest BCUT2D eigenvalue weighted by molar-refractivity contribution is -0.138. The summed E-state index contributed by atoms with van der Waals surface area (Å²) in [5.41, 5.74) is 4.56. The maximum atomic E-state index is 13.6. The molecule has 4 amide bonds. The first-order chi connectivity index (χ1) is 27.1. The van der Waals surface area contributed by atoms with Crippen molar-refractivity contribution in [1.82, 2.24) is 35.4 Å². The van der Waals surface area contributed by atoms with Crippen molar-refractivity contribution in [3.63, 3.8) is 0 Å². The number of likely N-dealkylation sites (tertiary alicyclic amines) is 2. The Hall–Kier alpha value is -5.74. The monoisotopic (exact) mass is 771 g/mol. The molecule has 6 rings (SSSR count). The number of hydrogen-bond acceptors (Lipinski definition) is 11. The fraction of sp³-hybridized carbons (Fsp3) is 0.450. The van der Waals surface area contributed by atoms with Gasteiger partial charge in [0.1, 0.15) is 23.9 Å². The Bertz CT molecular complexity index is 1840. The Labute approximate surface area is 325 Å². The molecule has 0 bridgehead atoms. The van der Waals surface area contributed by atoms with Crippen molar-refractivity contribution >= 4 is 24.0 Å². The zero-order chi connectivity index (χ0) is 39.9. The number of oxazole rings is 1. The zero-order valence-electron chi connectivity index (χ0n) is 32.4. The van der Waals surface area contributed by atoms with Crippen molar-refractivity contribution in [3.8, 4) is 33.8 Å². The zero-order valence-corrected chi connectivity index (χ0v) is 32.4. The first-order valence-electron chi connectivity index (χ1n) is 18.6. The van der Waals surface area contributed by atoms with E-state index in [1.54, 1.807) is 36.0 Å². The molecular formula is C40H49N7O9. The van der Waals surface area contributed by atoms with Gasteiger partial charge in [0, 0.05) is 38.4 Å². The van der Waals surface area contributed by atoms with E-state index in [4.69, 9.17) is 23.4 Å². The molecule has 2 aromatic carbocycles. The minimum absolute atomic E-state index is 0.222. The Morgan fingerprint density at radius 3 is 1.70 bits per heavy atom. The number of benzene rings is 2. The first-order valence-corrected chi connectivity index (χ1v) is 18.6. The van der Waals surface area contributed by atoms with Gasteiger partial charge in [-0.15, -0.1) is 0 Å². The number of H-pyrrole nitrogens is 1. The number of alkyl carbamates (subject to hydrolysis) is 2. The molecule has 16 heteroatoms. The van der Waals surface area contributed by atoms with Crippen molar-refractivity contribution in [2.24, 2.45) is 0 Å². The number of amides is 4. The van der Waals surface area contributed by atoms with Crippen LogP contribution >= 0.6 is 0 Å². The van der Waals surface area contributed by atoms with Crippen LogP contribution in [0.1, 0.15) is 63.2 Å². The van der Waals surface area contributed by atoms with E-state index in [0.717, 1.165) is 47.2 Å². The number of nitrogens with zero attached hydrogens (tertiary/aromatic N) is 4. The molecule has 0 spiro atoms. The second kappa shape index (κ2) is 17.8. The summed E-state index contributed by atoms with van der Waals surface area (Å²) in [6.45, 7) is 4.49. The fourth-order valence-corrected chi connectivity index (χ4v) is 7.28. The molecule has 2 aliphatic heterocycles. The molecule has 0 radical (unpaired) electrons. The highest BCUT2D eigenvalue weighted by atomic mass is 16.5. The molecule has 298 valence electrons. The van der Waals surface area contributed by atoms with Gasteiger partial charge in [0.25, 0.3) is 0 Å². The highest BCUT2D eigenvalue weighted by Gasteiger charge is 2.40. The van der Waals surface area contributed by atoms with Crippen LogP contribution in [0.25, 0.3) is 33.8 Å². The van der Waals surface area contributed by atoms with Crippen LogP contribution in [0.15, 0.2) is 65.3 Å². The Kier molecular flexibility index (Phi) is 12.7. The summed E-state index contributed by atoms with van der Waals surface area (Å²) in [7, 11) is 5.48. The van der Waals surface area contributed by atoms with Crippen LogP contribution in [-0.2, 0) is 28.5 Å². The van der Waals surface area contributed by atoms with Gasteiger partial charge in [-0.25, -0.2) is 19.6 Å². The number of imidazole rings is 1. The van der Waals surface area contributed by atoms with Gasteiger partial charge in [-0.05, 0) is 50.7 Å². The number of aromatic amines is 1. The van der Waals surface area contributed by atoms with Crippen molar-refractivity contribution in [2.75, 3.05) is 41.5 Å². The number of nitrogens with one attached hydrogen (secondary N) is 3. The number of hydrogen-bond donors (Lipinski definition) is 3. The summed E-state index contributed by atoms with van der Waals surface area (Å²) in [4.78, 5) is 67.2. The van der Waals surface area contributed by atoms with Crippen molar-refractivity contribution in [1.29, 1.82) is 0 Å². The highest BCUT2D eigenvalue weighted by molar-refractivity contribution is 5.87. The number of carbonyl (C=O) groups is 4. The molecule has 2 saturated heterocycles. The first kappa shape index (κ1) is 39.9. The lowest BCUT2D eigenvalue weighted by Crippen LogP contribution is -2.54. The van der Waals surface area contributed by atoms with Crippen molar-refractivity contribution in [3.05, 3.63) is 72.5 Å². The van der Waals surface area contributed by atoms with Gasteiger partial charge in [0.05, 0.1) is 50.6 Å². The average Bonchev–Trinajstić information content (AvgIpc) is 4.08. The van der Waals surface area contributed by atoms with E-state index in [9.17, 15) is 19.2 Å². The number of methoxy groups -OCH3 is 4. The summed E-state index contributed by atoms with van der Waals surface area (Å²) in [6, 6.07) is 13.6. The Morgan fingerprint density at radius 1 is 0.696 bits per heavy atom. The second-order valence-electron chi connectivity index (χ2n) is 13.9. The maximum absolute atomic E-state index is 13.6. The molecule has 0 saturated carbocycles. The number of aromatic nitrogens is 3. The molecule has 4 aromatic rings. The molecule has 0 aliphatic carbocycles. The van der Waals surface area contributed by atoms with Crippen LogP contribution < -0.4 is 10.6 Å². The molecule has 2 aliphatic rings. The van der Waals surface area contributed by atoms with Crippen LogP contribution in [0.2, 0.25) is 0 Å². The van der Waals surface area contributed by atoms with Crippen LogP contribution in [0.4, 0.5) is 9.59 Å². The van der Waals surface area contributed by atoms with E-state index >= 15 is 0 Å². The van der Waals surface area contributed by atoms with Gasteiger partial charge >= 0.3 is 12.2 Å². The minimum atomic E-state index is -0.927. The summed E-state index contributed by atoms with van der Waals surface area (Å²) < 4.78 is 26.4. The second-order valence-corrected chi connectivity index (χ2v) is 13.9. The average molecular weight is 772 g/mol. The summed E-state index contributed by atoms with van der Waals surface area (Å²) in [5.74, 6) is 1.16. The summed E-state index contributed by atoms with van der Waals surface area (Å²) >= 11 is 0. The van der Waals surface area contributed by atoms with Gasteiger partial charge < -0.3 is 48.8 Å². The third-order valence-corrected chi connectivity index (χ3v) is 10.6. The number of ether oxygens (including phenoxy) is 4. The predicted octanol–water partition coefficient (Wildman–Crippen LogP) is 5.24. The van der Waals surface area contributed by atoms with Gasteiger partial charge in [-0.2, -0.15) is 0 Å². The number of carbonyl (C=O) groups excluding carboxylic acids is 4. The smallest absolute Gasteiger partial charge is 0.407 e. The molecule has 16 nitrogen and oxygen atoms in total. The lowest BCUT2D eigenvalue weighted by Gasteiger charge is -2.30. The normalized spacial score (nSPS) is 18.9. The number of rotatable bonds is 13. The molecule has 3 N–H and O–H groups in total. The van der Waals surface area contributed by atoms with Gasteiger partial charge in [-0.1, -0.05) is 48.5 Å². The topological polar surface area (TPSA) is 190 Å². The van der Waals surface area contributed by atoms with E-state index in [-0.39, 0.29) is 23.9 Å². The molecule has 2 unspecified atom stereocenters. The van der Waals surface area contributed by atoms with Crippen LogP contribution in [0.5, 0.6) is 0 Å². The Morgan fingerprint density at radius 2 is 1.18 bits per heavy atom. The highest BCUT2D eigenvalue weighted by Crippen LogP contribution is 2.36. The largest absolute Gasteiger partial charge is 0.453 e. The van der Waals surface area contributed by atoms with Crippen LogP contribution in [0, 0.1) is 0 Å². The van der Waals surface area contributed by atoms with Gasteiger partial charge in [0.2, 0.25) is 17.7 Å². The van der Waals surface area contributed by atoms with E-state index in [2.05, 4.69) is 25.6 Å². The van der Waals surface area contributed by atoms with Crippen LogP contribution in [-0.4, -0.2) is 115 Å². The van der Waals surface area contributed by atoms with Crippen molar-refractivity contribution < 1.29 is 42.5 Å². The van der Waals surface area contributed by atoms with E-state index < -0.39 is 36.5 Å². The van der Waals surface area contributed by atoms with E-state index in [0.29, 0.717) is 37.0 Å². The molecule has 2 aromatic heterocycles.